The van der Waals surface area contributed by atoms with Crippen molar-refractivity contribution in [3.63, 3.8) is 0 Å². The van der Waals surface area contributed by atoms with Crippen LogP contribution in [0.1, 0.15) is 13.3 Å². The number of halogens is 3. The third-order valence-corrected chi connectivity index (χ3v) is 2.38. The molecule has 0 aromatic rings. The number of hydrogen-bond donors (Lipinski definition) is 1. The summed E-state index contributed by atoms with van der Waals surface area (Å²) < 4.78 is 35.2. The van der Waals surface area contributed by atoms with Crippen LogP contribution >= 0.6 is 0 Å². The average Bonchev–Trinajstić information content (AvgIpc) is 2.57. The highest BCUT2D eigenvalue weighted by Crippen LogP contribution is 2.18. The Morgan fingerprint density at radius 1 is 1.59 bits per heavy atom. The molecule has 0 aromatic carbocycles. The number of carbonyl (C=O) groups is 2. The smallest absolute Gasteiger partial charge is 0.342 e. The highest BCUT2D eigenvalue weighted by molar-refractivity contribution is 5.88. The van der Waals surface area contributed by atoms with Crippen LogP contribution in [-0.2, 0) is 14.4 Å². The van der Waals surface area contributed by atoms with Crippen molar-refractivity contribution < 1.29 is 27.6 Å². The van der Waals surface area contributed by atoms with Crippen molar-refractivity contribution in [2.24, 2.45) is 5.92 Å². The Balaban J connectivity index is 2.32. The van der Waals surface area contributed by atoms with E-state index in [2.05, 4.69) is 4.84 Å². The number of hydroxylamine groups is 1. The highest BCUT2D eigenvalue weighted by atomic mass is 19.4. The molecule has 1 saturated heterocycles. The fraction of sp³-hybridized carbons (Fsp3) is 0.778. The van der Waals surface area contributed by atoms with E-state index in [4.69, 9.17) is 0 Å². The van der Waals surface area contributed by atoms with E-state index >= 15 is 0 Å². The van der Waals surface area contributed by atoms with Gasteiger partial charge in [0.1, 0.15) is 0 Å². The summed E-state index contributed by atoms with van der Waals surface area (Å²) in [4.78, 5) is 28.1. The van der Waals surface area contributed by atoms with E-state index in [-0.39, 0.29) is 18.9 Å². The molecule has 0 spiro atoms. The van der Waals surface area contributed by atoms with Gasteiger partial charge < -0.3 is 4.90 Å². The second kappa shape index (κ2) is 5.35. The Bertz CT molecular complexity index is 306. The first kappa shape index (κ1) is 13.8. The predicted molar refractivity (Wildman–Crippen MR) is 50.5 cm³/mol. The molecule has 1 rings (SSSR count). The molecule has 98 valence electrons. The Morgan fingerprint density at radius 3 is 2.71 bits per heavy atom. The molecule has 0 saturated carbocycles. The van der Waals surface area contributed by atoms with Crippen LogP contribution in [0.2, 0.25) is 0 Å². The van der Waals surface area contributed by atoms with E-state index in [1.807, 2.05) is 0 Å². The first-order chi connectivity index (χ1) is 7.83. The molecular formula is C9H13F3N2O3. The van der Waals surface area contributed by atoms with Gasteiger partial charge in [-0.3, -0.25) is 14.4 Å². The summed E-state index contributed by atoms with van der Waals surface area (Å²) in [5, 5.41) is 0. The van der Waals surface area contributed by atoms with Crippen LogP contribution in [-0.4, -0.2) is 42.6 Å². The van der Waals surface area contributed by atoms with Crippen molar-refractivity contribution in [1.29, 1.82) is 0 Å². The zero-order valence-corrected chi connectivity index (χ0v) is 9.21. The lowest BCUT2D eigenvalue weighted by atomic mass is 10.1. The minimum Gasteiger partial charge on any atom is -0.342 e. The fourth-order valence-corrected chi connectivity index (χ4v) is 1.53. The number of amides is 2. The SMILES string of the molecule is CCN1CC(C(=O)NOCC(F)(F)F)CC1=O. The number of nitrogens with zero attached hydrogens (tertiary/aromatic N) is 1. The number of alkyl halides is 3. The molecule has 1 unspecified atom stereocenters. The number of rotatable bonds is 4. The summed E-state index contributed by atoms with van der Waals surface area (Å²) >= 11 is 0. The number of likely N-dealkylation sites (tertiary alicyclic amines) is 1. The van der Waals surface area contributed by atoms with Crippen LogP contribution in [0.5, 0.6) is 0 Å². The largest absolute Gasteiger partial charge is 0.414 e. The van der Waals surface area contributed by atoms with Crippen molar-refractivity contribution in [3.05, 3.63) is 0 Å². The zero-order chi connectivity index (χ0) is 13.1. The zero-order valence-electron chi connectivity index (χ0n) is 9.21. The molecule has 0 bridgehead atoms. The lowest BCUT2D eigenvalue weighted by Crippen LogP contribution is -2.35. The summed E-state index contributed by atoms with van der Waals surface area (Å²) in [5.74, 6) is -1.52. The summed E-state index contributed by atoms with van der Waals surface area (Å²) in [6.45, 7) is 0.914. The van der Waals surface area contributed by atoms with Gasteiger partial charge in [0, 0.05) is 19.5 Å². The maximum absolute atomic E-state index is 11.7. The second-order valence-corrected chi connectivity index (χ2v) is 3.70. The van der Waals surface area contributed by atoms with Crippen molar-refractivity contribution in [1.82, 2.24) is 10.4 Å². The van der Waals surface area contributed by atoms with Crippen LogP contribution in [0.15, 0.2) is 0 Å². The van der Waals surface area contributed by atoms with Gasteiger partial charge >= 0.3 is 6.18 Å². The predicted octanol–water partition coefficient (Wildman–Crippen LogP) is 0.465. The third-order valence-electron chi connectivity index (χ3n) is 2.38. The van der Waals surface area contributed by atoms with Gasteiger partial charge in [-0.05, 0) is 6.92 Å². The lowest BCUT2D eigenvalue weighted by Gasteiger charge is -2.13. The second-order valence-electron chi connectivity index (χ2n) is 3.70. The van der Waals surface area contributed by atoms with Crippen LogP contribution in [0.25, 0.3) is 0 Å². The molecule has 17 heavy (non-hydrogen) atoms. The molecule has 1 heterocycles. The summed E-state index contributed by atoms with van der Waals surface area (Å²) in [6.07, 6.45) is -4.48. The number of hydrogen-bond acceptors (Lipinski definition) is 3. The quantitative estimate of drug-likeness (QED) is 0.742. The van der Waals surface area contributed by atoms with Gasteiger partial charge in [0.25, 0.3) is 0 Å². The van der Waals surface area contributed by atoms with Crippen LogP contribution in [0.3, 0.4) is 0 Å². The summed E-state index contributed by atoms with van der Waals surface area (Å²) in [7, 11) is 0. The molecule has 0 aromatic heterocycles. The Morgan fingerprint density at radius 2 is 2.24 bits per heavy atom. The molecule has 0 radical (unpaired) electrons. The van der Waals surface area contributed by atoms with Crippen molar-refractivity contribution >= 4 is 11.8 Å². The van der Waals surface area contributed by atoms with Crippen molar-refractivity contribution in [2.75, 3.05) is 19.7 Å². The van der Waals surface area contributed by atoms with E-state index in [1.165, 1.54) is 4.90 Å². The summed E-state index contributed by atoms with van der Waals surface area (Å²) in [6, 6.07) is 0. The molecule has 0 aliphatic carbocycles. The van der Waals surface area contributed by atoms with Crippen LogP contribution in [0.4, 0.5) is 13.2 Å². The van der Waals surface area contributed by atoms with E-state index in [1.54, 1.807) is 12.4 Å². The van der Waals surface area contributed by atoms with Gasteiger partial charge in [-0.2, -0.15) is 13.2 Å². The Labute approximate surface area is 95.8 Å². The monoisotopic (exact) mass is 254 g/mol. The normalized spacial score (nSPS) is 20.8. The molecule has 2 amide bonds. The summed E-state index contributed by atoms with van der Waals surface area (Å²) in [5.41, 5.74) is 1.71. The van der Waals surface area contributed by atoms with E-state index in [9.17, 15) is 22.8 Å². The molecular weight excluding hydrogens is 241 g/mol. The van der Waals surface area contributed by atoms with Gasteiger partial charge in [0.05, 0.1) is 5.92 Å². The van der Waals surface area contributed by atoms with E-state index < -0.39 is 24.6 Å². The van der Waals surface area contributed by atoms with Gasteiger partial charge in [0.2, 0.25) is 11.8 Å². The molecule has 1 aliphatic heterocycles. The Kier molecular flexibility index (Phi) is 4.33. The van der Waals surface area contributed by atoms with Gasteiger partial charge in [-0.15, -0.1) is 0 Å². The fourth-order valence-electron chi connectivity index (χ4n) is 1.53. The first-order valence-corrected chi connectivity index (χ1v) is 5.09. The maximum Gasteiger partial charge on any atom is 0.414 e. The van der Waals surface area contributed by atoms with Gasteiger partial charge in [0.15, 0.2) is 6.61 Å². The standard InChI is InChI=1S/C9H13F3N2O3/c1-2-14-4-6(3-7(14)15)8(16)13-17-5-9(10,11)12/h6H,2-5H2,1H3,(H,13,16). The van der Waals surface area contributed by atoms with E-state index in [0.717, 1.165) is 0 Å². The van der Waals surface area contributed by atoms with E-state index in [0.29, 0.717) is 6.54 Å². The molecule has 1 fully saturated rings. The lowest BCUT2D eigenvalue weighted by molar-refractivity contribution is -0.192. The third kappa shape index (κ3) is 4.22. The molecule has 8 heteroatoms. The topological polar surface area (TPSA) is 58.6 Å². The number of nitrogens with one attached hydrogen (secondary N) is 1. The highest BCUT2D eigenvalue weighted by Gasteiger charge is 2.34. The molecule has 1 atom stereocenters. The van der Waals surface area contributed by atoms with Crippen molar-refractivity contribution in [2.45, 2.75) is 19.5 Å². The molecule has 1 aliphatic rings. The van der Waals surface area contributed by atoms with Gasteiger partial charge in [-0.25, -0.2) is 5.48 Å². The van der Waals surface area contributed by atoms with Crippen LogP contribution in [0, 0.1) is 5.92 Å². The average molecular weight is 254 g/mol. The van der Waals surface area contributed by atoms with Gasteiger partial charge in [-0.1, -0.05) is 0 Å². The molecule has 5 nitrogen and oxygen atoms in total. The van der Waals surface area contributed by atoms with Crippen LogP contribution < -0.4 is 5.48 Å². The minimum atomic E-state index is -4.49. The number of carbonyl (C=O) groups excluding carboxylic acids is 2. The first-order valence-electron chi connectivity index (χ1n) is 5.09. The minimum absolute atomic E-state index is 0.00898. The molecule has 1 N–H and O–H groups in total. The van der Waals surface area contributed by atoms with Crippen molar-refractivity contribution in [3.8, 4) is 0 Å². The Hall–Kier alpha value is -1.31. The maximum atomic E-state index is 11.7.